The Morgan fingerprint density at radius 1 is 0.560 bits per heavy atom. The summed E-state index contributed by atoms with van der Waals surface area (Å²) in [5, 5.41) is 4.95. The van der Waals surface area contributed by atoms with E-state index in [1.165, 1.54) is 58.9 Å². The number of anilines is 3. The van der Waals surface area contributed by atoms with Gasteiger partial charge in [0.15, 0.2) is 0 Å². The van der Waals surface area contributed by atoms with E-state index in [1.54, 1.807) is 0 Å². The largest absolute Gasteiger partial charge is 0.456 e. The molecule has 0 unspecified atom stereocenters. The van der Waals surface area contributed by atoms with Crippen molar-refractivity contribution >= 4 is 70.5 Å². The van der Waals surface area contributed by atoms with Crippen LogP contribution in [-0.2, 0) is 16.2 Å². The zero-order chi connectivity index (χ0) is 34.7. The average molecular weight is 670 g/mol. The Labute approximate surface area is 299 Å². The molecule has 3 heteroatoms. The van der Waals surface area contributed by atoms with E-state index in [1.807, 2.05) is 11.3 Å². The molecule has 0 aliphatic heterocycles. The molecule has 50 heavy (non-hydrogen) atoms. The molecular weight excluding hydrogens is 627 g/mol. The van der Waals surface area contributed by atoms with Crippen molar-refractivity contribution in [2.45, 2.75) is 71.6 Å². The highest BCUT2D eigenvalue weighted by Gasteiger charge is 2.36. The van der Waals surface area contributed by atoms with Gasteiger partial charge in [-0.15, -0.1) is 11.3 Å². The molecule has 2 aromatic heterocycles. The van der Waals surface area contributed by atoms with Crippen LogP contribution in [0.3, 0.4) is 0 Å². The Hall–Kier alpha value is -4.86. The minimum absolute atomic E-state index is 0.00442. The molecule has 0 saturated carbocycles. The lowest BCUT2D eigenvalue weighted by molar-refractivity contribution is 0.569. The monoisotopic (exact) mass is 669 g/mol. The van der Waals surface area contributed by atoms with Crippen molar-refractivity contribution in [1.29, 1.82) is 0 Å². The third kappa shape index (κ3) is 4.59. The third-order valence-corrected chi connectivity index (χ3v) is 12.1. The number of rotatable bonds is 3. The van der Waals surface area contributed by atoms with Crippen LogP contribution in [0.4, 0.5) is 17.1 Å². The molecule has 0 spiro atoms. The summed E-state index contributed by atoms with van der Waals surface area (Å²) in [6.45, 7) is 18.6. The van der Waals surface area contributed by atoms with Gasteiger partial charge in [-0.2, -0.15) is 0 Å². The van der Waals surface area contributed by atoms with Crippen molar-refractivity contribution in [2.24, 2.45) is 0 Å². The van der Waals surface area contributed by atoms with Crippen LogP contribution < -0.4 is 4.90 Å². The Kier molecular flexibility index (Phi) is 6.59. The van der Waals surface area contributed by atoms with E-state index in [0.29, 0.717) is 0 Å². The first-order valence-corrected chi connectivity index (χ1v) is 18.6. The summed E-state index contributed by atoms with van der Waals surface area (Å²) in [7, 11) is 0. The summed E-state index contributed by atoms with van der Waals surface area (Å²) in [5.74, 6) is 0. The topological polar surface area (TPSA) is 16.4 Å². The van der Waals surface area contributed by atoms with Gasteiger partial charge in [-0.25, -0.2) is 0 Å². The number of benzene rings is 6. The molecule has 8 aromatic rings. The molecule has 9 rings (SSSR count). The fourth-order valence-corrected chi connectivity index (χ4v) is 9.34. The molecule has 1 aliphatic rings. The van der Waals surface area contributed by atoms with Crippen LogP contribution in [0.15, 0.2) is 120 Å². The summed E-state index contributed by atoms with van der Waals surface area (Å²) >= 11 is 1.86. The Balaban J connectivity index is 1.37. The van der Waals surface area contributed by atoms with E-state index >= 15 is 0 Å². The minimum atomic E-state index is -0.113. The highest BCUT2D eigenvalue weighted by Crippen LogP contribution is 2.52. The summed E-state index contributed by atoms with van der Waals surface area (Å²) in [5.41, 5.74) is 13.1. The molecule has 0 bridgehead atoms. The molecule has 0 fully saturated rings. The molecule has 0 atom stereocenters. The van der Waals surface area contributed by atoms with Gasteiger partial charge in [0.05, 0.1) is 11.1 Å². The second kappa shape index (κ2) is 10.6. The van der Waals surface area contributed by atoms with E-state index in [-0.39, 0.29) is 16.2 Å². The zero-order valence-corrected chi connectivity index (χ0v) is 31.0. The Morgan fingerprint density at radius 3 is 2.06 bits per heavy atom. The fraction of sp³-hybridized carbons (Fsp3) is 0.234. The van der Waals surface area contributed by atoms with Crippen LogP contribution in [0.1, 0.15) is 77.6 Å². The van der Waals surface area contributed by atoms with E-state index < -0.39 is 0 Å². The highest BCUT2D eigenvalue weighted by atomic mass is 32.1. The first kappa shape index (κ1) is 31.1. The maximum absolute atomic E-state index is 6.83. The van der Waals surface area contributed by atoms with Crippen LogP contribution >= 0.6 is 11.3 Å². The molecule has 248 valence electrons. The SMILES string of the molecule is CC(C)(C)c1cc(C(C)(C)C)c2c(c1)oc1cccc(N(c3ccc4c(c3)C(C)(C)c3ccccc3-4)c3ccc4sc5ccccc5c4c3)c12. The van der Waals surface area contributed by atoms with Crippen LogP contribution in [0.5, 0.6) is 0 Å². The quantitative estimate of drug-likeness (QED) is 0.186. The summed E-state index contributed by atoms with van der Waals surface area (Å²) in [4.78, 5) is 2.48. The van der Waals surface area contributed by atoms with Crippen molar-refractivity contribution in [3.05, 3.63) is 138 Å². The van der Waals surface area contributed by atoms with Gasteiger partial charge in [0.2, 0.25) is 0 Å². The van der Waals surface area contributed by atoms with Crippen LogP contribution in [0.2, 0.25) is 0 Å². The number of hydrogen-bond acceptors (Lipinski definition) is 3. The number of furan rings is 1. The Bertz CT molecular complexity index is 2650. The van der Waals surface area contributed by atoms with Gasteiger partial charge in [-0.05, 0) is 98.8 Å². The molecule has 0 N–H and O–H groups in total. The minimum Gasteiger partial charge on any atom is -0.456 e. The molecule has 6 aromatic carbocycles. The van der Waals surface area contributed by atoms with Crippen molar-refractivity contribution in [3.8, 4) is 11.1 Å². The standard InChI is InChI=1S/C47H43NOS/c1-45(2,3)28-24-37(46(4,5)6)43-40(25-28)49-39-18-13-17-38(44(39)43)48(29-21-23-42-34(26-29)33-15-10-12-19-41(33)50-42)30-20-22-32-31-14-9-11-16-35(31)47(7,8)36(32)27-30/h9-27H,1-8H3. The van der Waals surface area contributed by atoms with Gasteiger partial charge in [-0.3, -0.25) is 0 Å². The highest BCUT2D eigenvalue weighted by molar-refractivity contribution is 7.25. The summed E-state index contributed by atoms with van der Waals surface area (Å²) < 4.78 is 9.44. The van der Waals surface area contributed by atoms with E-state index in [2.05, 4.69) is 176 Å². The number of nitrogens with zero attached hydrogens (tertiary/aromatic N) is 1. The normalized spacial score (nSPS) is 14.2. The van der Waals surface area contributed by atoms with Crippen molar-refractivity contribution < 1.29 is 4.42 Å². The smallest absolute Gasteiger partial charge is 0.137 e. The van der Waals surface area contributed by atoms with E-state index in [4.69, 9.17) is 4.42 Å². The maximum Gasteiger partial charge on any atom is 0.137 e. The lowest BCUT2D eigenvalue weighted by Crippen LogP contribution is -2.17. The van der Waals surface area contributed by atoms with Crippen molar-refractivity contribution in [2.75, 3.05) is 4.90 Å². The third-order valence-electron chi connectivity index (χ3n) is 10.9. The van der Waals surface area contributed by atoms with Gasteiger partial charge in [0.1, 0.15) is 11.2 Å². The molecule has 0 amide bonds. The van der Waals surface area contributed by atoms with Crippen LogP contribution in [0.25, 0.3) is 53.2 Å². The fourth-order valence-electron chi connectivity index (χ4n) is 8.25. The Morgan fingerprint density at radius 2 is 1.26 bits per heavy atom. The van der Waals surface area contributed by atoms with E-state index in [9.17, 15) is 0 Å². The van der Waals surface area contributed by atoms with Gasteiger partial charge in [-0.1, -0.05) is 116 Å². The van der Waals surface area contributed by atoms with Crippen LogP contribution in [0, 0.1) is 0 Å². The first-order chi connectivity index (χ1) is 23.8. The van der Waals surface area contributed by atoms with Gasteiger partial charge in [0, 0.05) is 42.3 Å². The number of fused-ring (bicyclic) bond motifs is 9. The van der Waals surface area contributed by atoms with Gasteiger partial charge < -0.3 is 9.32 Å². The molecule has 0 radical (unpaired) electrons. The van der Waals surface area contributed by atoms with Crippen molar-refractivity contribution in [1.82, 2.24) is 0 Å². The molecule has 2 heterocycles. The van der Waals surface area contributed by atoms with Crippen molar-refractivity contribution in [3.63, 3.8) is 0 Å². The van der Waals surface area contributed by atoms with Crippen LogP contribution in [-0.4, -0.2) is 0 Å². The predicted octanol–water partition coefficient (Wildman–Crippen LogP) is 14.3. The molecular formula is C47H43NOS. The maximum atomic E-state index is 6.83. The van der Waals surface area contributed by atoms with Gasteiger partial charge >= 0.3 is 0 Å². The number of thiophene rings is 1. The summed E-state index contributed by atoms with van der Waals surface area (Å²) in [6, 6.07) is 43.0. The molecule has 1 aliphatic carbocycles. The second-order valence-corrected chi connectivity index (χ2v) is 17.7. The molecule has 0 saturated heterocycles. The van der Waals surface area contributed by atoms with E-state index in [0.717, 1.165) is 33.6 Å². The lowest BCUT2D eigenvalue weighted by Gasteiger charge is -2.29. The average Bonchev–Trinajstić information content (AvgIpc) is 3.72. The first-order valence-electron chi connectivity index (χ1n) is 17.8. The number of hydrogen-bond donors (Lipinski definition) is 0. The second-order valence-electron chi connectivity index (χ2n) is 16.7. The zero-order valence-electron chi connectivity index (χ0n) is 30.2. The lowest BCUT2D eigenvalue weighted by atomic mass is 9.78. The predicted molar refractivity (Wildman–Crippen MR) is 216 cm³/mol. The van der Waals surface area contributed by atoms with Gasteiger partial charge in [0.25, 0.3) is 0 Å². The summed E-state index contributed by atoms with van der Waals surface area (Å²) in [6.07, 6.45) is 0. The molecule has 2 nitrogen and oxygen atoms in total.